The summed E-state index contributed by atoms with van der Waals surface area (Å²) in [6.45, 7) is 9.42. The molecular weight excluding hydrogens is 348 g/mol. The van der Waals surface area contributed by atoms with Crippen molar-refractivity contribution in [2.24, 2.45) is 0 Å². The molecular formula is C18H24BF3O4. The van der Waals surface area contributed by atoms with Crippen LogP contribution >= 0.6 is 0 Å². The molecule has 1 aliphatic heterocycles. The minimum Gasteiger partial charge on any atom is -0.466 e. The molecule has 26 heavy (non-hydrogen) atoms. The van der Waals surface area contributed by atoms with E-state index in [9.17, 15) is 18.0 Å². The fourth-order valence-corrected chi connectivity index (χ4v) is 2.74. The Hall–Kier alpha value is -1.54. The van der Waals surface area contributed by atoms with Gasteiger partial charge in [0, 0.05) is 5.82 Å². The Balaban J connectivity index is 2.32. The first-order valence-corrected chi connectivity index (χ1v) is 8.56. The quantitative estimate of drug-likeness (QED) is 0.569. The Kier molecular flexibility index (Phi) is 5.78. The van der Waals surface area contributed by atoms with Crippen LogP contribution < -0.4 is 0 Å². The number of ether oxygens (including phenoxy) is 1. The number of rotatable bonds is 5. The van der Waals surface area contributed by atoms with Crippen LogP contribution in [0.4, 0.5) is 13.2 Å². The number of hydrogen-bond donors (Lipinski definition) is 0. The van der Waals surface area contributed by atoms with Crippen molar-refractivity contribution in [1.82, 2.24) is 0 Å². The van der Waals surface area contributed by atoms with Crippen molar-refractivity contribution in [2.75, 3.05) is 6.61 Å². The van der Waals surface area contributed by atoms with Crippen molar-refractivity contribution in [3.63, 3.8) is 0 Å². The van der Waals surface area contributed by atoms with Crippen LogP contribution in [0.3, 0.4) is 0 Å². The molecule has 0 N–H and O–H groups in total. The van der Waals surface area contributed by atoms with Crippen LogP contribution in [-0.4, -0.2) is 30.9 Å². The summed E-state index contributed by atoms with van der Waals surface area (Å²) in [5.74, 6) is -1.02. The molecule has 1 heterocycles. The number of esters is 1. The van der Waals surface area contributed by atoms with E-state index >= 15 is 0 Å². The van der Waals surface area contributed by atoms with Crippen molar-refractivity contribution in [3.8, 4) is 0 Å². The van der Waals surface area contributed by atoms with Crippen LogP contribution in [0.25, 0.3) is 0 Å². The normalized spacial score (nSPS) is 20.1. The highest BCUT2D eigenvalue weighted by Crippen LogP contribution is 2.42. The third kappa shape index (κ3) is 4.41. The first-order chi connectivity index (χ1) is 11.9. The highest BCUT2D eigenvalue weighted by Gasteiger charge is 2.54. The Morgan fingerprint density at radius 3 is 2.04 bits per heavy atom. The lowest BCUT2D eigenvalue weighted by molar-refractivity contribution is -0.143. The lowest BCUT2D eigenvalue weighted by Crippen LogP contribution is -2.41. The smallest absolute Gasteiger partial charge is 0.466 e. The average molecular weight is 372 g/mol. The van der Waals surface area contributed by atoms with Gasteiger partial charge >= 0.3 is 19.3 Å². The van der Waals surface area contributed by atoms with Crippen LogP contribution in [0.1, 0.15) is 58.0 Å². The maximum atomic E-state index is 12.8. The van der Waals surface area contributed by atoms with Gasteiger partial charge in [-0.15, -0.1) is 0 Å². The van der Waals surface area contributed by atoms with E-state index in [-0.39, 0.29) is 13.0 Å². The molecule has 1 aliphatic rings. The van der Waals surface area contributed by atoms with E-state index in [1.54, 1.807) is 6.92 Å². The molecule has 0 aliphatic carbocycles. The van der Waals surface area contributed by atoms with Gasteiger partial charge in [-0.25, -0.2) is 0 Å². The Bertz CT molecular complexity index is 625. The third-order valence-electron chi connectivity index (χ3n) is 4.96. The van der Waals surface area contributed by atoms with Gasteiger partial charge in [-0.05, 0) is 52.3 Å². The number of carbonyl (C=O) groups excluding carboxylic acids is 1. The van der Waals surface area contributed by atoms with Gasteiger partial charge in [0.05, 0.1) is 29.8 Å². The standard InChI is InChI=1S/C18H24BF3O4/c1-6-24-15(23)11-14(19-25-16(2,3)17(4,5)26-19)12-7-9-13(10-8-12)18(20,21)22/h7-10,14H,6,11H2,1-5H3/t14-/m0/s1. The number of carbonyl (C=O) groups is 1. The summed E-state index contributed by atoms with van der Waals surface area (Å²) < 4.78 is 55.5. The van der Waals surface area contributed by atoms with E-state index in [4.69, 9.17) is 14.0 Å². The van der Waals surface area contributed by atoms with E-state index in [0.29, 0.717) is 5.56 Å². The van der Waals surface area contributed by atoms with Gasteiger partial charge in [0.1, 0.15) is 0 Å². The minimum absolute atomic E-state index is 0.0456. The molecule has 1 atom stereocenters. The molecule has 0 spiro atoms. The molecule has 0 radical (unpaired) electrons. The zero-order valence-corrected chi connectivity index (χ0v) is 15.6. The number of alkyl halides is 3. The molecule has 0 amide bonds. The second-order valence-electron chi connectivity index (χ2n) is 7.36. The van der Waals surface area contributed by atoms with E-state index in [0.717, 1.165) is 12.1 Å². The van der Waals surface area contributed by atoms with E-state index in [2.05, 4.69) is 0 Å². The lowest BCUT2D eigenvalue weighted by atomic mass is 9.66. The minimum atomic E-state index is -4.42. The molecule has 8 heteroatoms. The topological polar surface area (TPSA) is 44.8 Å². The maximum Gasteiger partial charge on any atom is 0.466 e. The summed E-state index contributed by atoms with van der Waals surface area (Å²) in [6.07, 6.45) is -4.46. The van der Waals surface area contributed by atoms with Crippen LogP contribution in [-0.2, 0) is 25.0 Å². The van der Waals surface area contributed by atoms with Gasteiger partial charge < -0.3 is 14.0 Å². The van der Waals surface area contributed by atoms with Gasteiger partial charge in [0.25, 0.3) is 0 Å². The average Bonchev–Trinajstić information content (AvgIpc) is 2.72. The first-order valence-electron chi connectivity index (χ1n) is 8.56. The summed E-state index contributed by atoms with van der Waals surface area (Å²) in [5.41, 5.74) is -1.44. The van der Waals surface area contributed by atoms with Crippen molar-refractivity contribution in [2.45, 2.75) is 64.2 Å². The molecule has 0 aromatic heterocycles. The van der Waals surface area contributed by atoms with Gasteiger partial charge in [0.2, 0.25) is 0 Å². The number of benzene rings is 1. The van der Waals surface area contributed by atoms with E-state index in [1.807, 2.05) is 27.7 Å². The van der Waals surface area contributed by atoms with Crippen LogP contribution in [0, 0.1) is 0 Å². The van der Waals surface area contributed by atoms with E-state index < -0.39 is 41.8 Å². The maximum absolute atomic E-state index is 12.8. The summed E-state index contributed by atoms with van der Waals surface area (Å²) in [7, 11) is -0.763. The molecule has 4 nitrogen and oxygen atoms in total. The highest BCUT2D eigenvalue weighted by molar-refractivity contribution is 6.48. The molecule has 144 valence electrons. The van der Waals surface area contributed by atoms with Crippen molar-refractivity contribution >= 4 is 13.1 Å². The molecule has 1 aromatic carbocycles. The van der Waals surface area contributed by atoms with Crippen LogP contribution in [0.2, 0.25) is 0 Å². The Morgan fingerprint density at radius 1 is 1.12 bits per heavy atom. The fourth-order valence-electron chi connectivity index (χ4n) is 2.74. The van der Waals surface area contributed by atoms with Crippen molar-refractivity contribution in [1.29, 1.82) is 0 Å². The monoisotopic (exact) mass is 372 g/mol. The van der Waals surface area contributed by atoms with Crippen LogP contribution in [0.5, 0.6) is 0 Å². The SMILES string of the molecule is CCOC(=O)C[C@H](B1OC(C)(C)C(C)(C)O1)c1ccc(C(F)(F)F)cc1. The molecule has 1 aromatic rings. The predicted octanol–water partition coefficient (Wildman–Crippen LogP) is 4.37. The van der Waals surface area contributed by atoms with Crippen molar-refractivity contribution < 1.29 is 32.0 Å². The van der Waals surface area contributed by atoms with E-state index in [1.165, 1.54) is 12.1 Å². The summed E-state index contributed by atoms with van der Waals surface area (Å²) in [5, 5.41) is 0. The van der Waals surface area contributed by atoms with Gasteiger partial charge in [0.15, 0.2) is 0 Å². The van der Waals surface area contributed by atoms with Gasteiger partial charge in [-0.2, -0.15) is 13.2 Å². The molecule has 0 bridgehead atoms. The summed E-state index contributed by atoms with van der Waals surface area (Å²) >= 11 is 0. The van der Waals surface area contributed by atoms with Gasteiger partial charge in [-0.1, -0.05) is 12.1 Å². The Labute approximate surface area is 152 Å². The second-order valence-corrected chi connectivity index (χ2v) is 7.36. The largest absolute Gasteiger partial charge is 0.466 e. The zero-order chi connectivity index (χ0) is 19.8. The second kappa shape index (κ2) is 7.23. The highest BCUT2D eigenvalue weighted by atomic mass is 19.4. The molecule has 1 fully saturated rings. The predicted molar refractivity (Wildman–Crippen MR) is 91.5 cm³/mol. The number of halogens is 3. The molecule has 0 unspecified atom stereocenters. The third-order valence-corrected chi connectivity index (χ3v) is 4.96. The van der Waals surface area contributed by atoms with Gasteiger partial charge in [-0.3, -0.25) is 4.79 Å². The van der Waals surface area contributed by atoms with Crippen LogP contribution in [0.15, 0.2) is 24.3 Å². The lowest BCUT2D eigenvalue weighted by Gasteiger charge is -2.32. The summed E-state index contributed by atoms with van der Waals surface area (Å²) in [4.78, 5) is 12.0. The van der Waals surface area contributed by atoms with Crippen molar-refractivity contribution in [3.05, 3.63) is 35.4 Å². The fraction of sp³-hybridized carbons (Fsp3) is 0.611. The number of hydrogen-bond acceptors (Lipinski definition) is 4. The molecule has 0 saturated carbocycles. The molecule has 1 saturated heterocycles. The zero-order valence-electron chi connectivity index (χ0n) is 15.6. The molecule has 2 rings (SSSR count). The Morgan fingerprint density at radius 2 is 1.62 bits per heavy atom. The summed E-state index contributed by atoms with van der Waals surface area (Å²) in [6, 6.07) is 4.72. The first kappa shape index (κ1) is 20.8.